The van der Waals surface area contributed by atoms with Gasteiger partial charge in [0.15, 0.2) is 17.0 Å². The Bertz CT molecular complexity index is 1100. The fourth-order valence-corrected chi connectivity index (χ4v) is 4.46. The number of nitrogens with two attached hydrogens (primary N) is 1. The van der Waals surface area contributed by atoms with Gasteiger partial charge in [-0.05, 0) is 30.5 Å². The molecular weight excluding hydrogens is 422 g/mol. The molecule has 1 aliphatic heterocycles. The number of amides is 1. The summed E-state index contributed by atoms with van der Waals surface area (Å²) >= 11 is 0. The Morgan fingerprint density at radius 1 is 1.24 bits per heavy atom. The van der Waals surface area contributed by atoms with E-state index in [9.17, 15) is 9.90 Å². The number of ether oxygens (including phenoxy) is 1. The van der Waals surface area contributed by atoms with E-state index in [2.05, 4.69) is 15.0 Å². The molecule has 1 amide bonds. The first-order chi connectivity index (χ1) is 15.9. The van der Waals surface area contributed by atoms with Gasteiger partial charge in [0, 0.05) is 39.7 Å². The Hall–Kier alpha value is -3.24. The molecule has 3 N–H and O–H groups in total. The molecule has 1 saturated heterocycles. The van der Waals surface area contributed by atoms with Gasteiger partial charge in [0.2, 0.25) is 5.91 Å². The minimum Gasteiger partial charge on any atom is -0.497 e. The molecule has 1 aliphatic rings. The van der Waals surface area contributed by atoms with Crippen LogP contribution >= 0.6 is 0 Å². The van der Waals surface area contributed by atoms with Gasteiger partial charge in [-0.15, -0.1) is 0 Å². The summed E-state index contributed by atoms with van der Waals surface area (Å²) in [5.74, 6) is 1.33. The number of aliphatic hydroxyl groups excluding tert-OH is 1. The highest BCUT2D eigenvalue weighted by atomic mass is 16.5. The maximum atomic E-state index is 13.2. The number of carbonyl (C=O) groups is 1. The Morgan fingerprint density at radius 2 is 2.00 bits per heavy atom. The number of imidazole rings is 1. The third kappa shape index (κ3) is 4.76. The molecule has 4 rings (SSSR count). The molecule has 0 spiro atoms. The van der Waals surface area contributed by atoms with Gasteiger partial charge in [-0.3, -0.25) is 4.79 Å². The van der Waals surface area contributed by atoms with E-state index in [-0.39, 0.29) is 24.5 Å². The van der Waals surface area contributed by atoms with Crippen molar-refractivity contribution in [3.8, 4) is 5.75 Å². The molecule has 0 aliphatic carbocycles. The monoisotopic (exact) mass is 453 g/mol. The van der Waals surface area contributed by atoms with Gasteiger partial charge in [-0.2, -0.15) is 0 Å². The second-order valence-electron chi connectivity index (χ2n) is 8.76. The maximum Gasteiger partial charge on any atom is 0.239 e. The number of aromatic nitrogens is 4. The van der Waals surface area contributed by atoms with Gasteiger partial charge in [-0.25, -0.2) is 15.0 Å². The maximum absolute atomic E-state index is 13.2. The number of fused-ring (bicyclic) bond motifs is 1. The average Bonchev–Trinajstić information content (AvgIpc) is 3.27. The summed E-state index contributed by atoms with van der Waals surface area (Å²) in [7, 11) is 5.44. The van der Waals surface area contributed by atoms with E-state index < -0.39 is 6.04 Å². The third-order valence-corrected chi connectivity index (χ3v) is 6.17. The smallest absolute Gasteiger partial charge is 0.239 e. The van der Waals surface area contributed by atoms with Gasteiger partial charge in [-0.1, -0.05) is 12.1 Å². The fourth-order valence-electron chi connectivity index (χ4n) is 4.46. The number of methoxy groups -OCH3 is 1. The minimum absolute atomic E-state index is 0.00143. The number of hydrogen-bond acceptors (Lipinski definition) is 8. The molecule has 10 nitrogen and oxygen atoms in total. The number of anilines is 1. The minimum atomic E-state index is -0.668. The summed E-state index contributed by atoms with van der Waals surface area (Å²) < 4.78 is 7.18. The summed E-state index contributed by atoms with van der Waals surface area (Å²) in [5.41, 5.74) is 8.71. The average molecular weight is 454 g/mol. The molecular formula is C23H31N7O3. The molecule has 0 saturated carbocycles. The number of aliphatic hydroxyl groups is 1. The molecule has 10 heteroatoms. The SMILES string of the molecule is COc1ccc(C[C@H](N)C(=O)N2C[C@@H](CO)C[C@@H](n3cnc4c(N(C)C)ncnc43)C2)cc1. The number of piperidine rings is 1. The van der Waals surface area contributed by atoms with Crippen LogP contribution in [0.15, 0.2) is 36.9 Å². The lowest BCUT2D eigenvalue weighted by Crippen LogP contribution is -2.51. The first-order valence-electron chi connectivity index (χ1n) is 11.0. The Balaban J connectivity index is 1.53. The van der Waals surface area contributed by atoms with Gasteiger partial charge in [0.25, 0.3) is 0 Å². The number of carbonyl (C=O) groups excluding carboxylic acids is 1. The van der Waals surface area contributed by atoms with Crippen LogP contribution in [0.5, 0.6) is 5.75 Å². The van der Waals surface area contributed by atoms with Crippen LogP contribution in [-0.2, 0) is 11.2 Å². The second-order valence-corrected chi connectivity index (χ2v) is 8.76. The molecule has 0 radical (unpaired) electrons. The Kier molecular flexibility index (Phi) is 6.75. The molecule has 1 fully saturated rings. The molecule has 0 unspecified atom stereocenters. The van der Waals surface area contributed by atoms with Crippen LogP contribution in [0.25, 0.3) is 11.2 Å². The van der Waals surface area contributed by atoms with Crippen LogP contribution in [0.1, 0.15) is 18.0 Å². The number of likely N-dealkylation sites (tertiary alicyclic amines) is 1. The van der Waals surface area contributed by atoms with E-state index >= 15 is 0 Å². The highest BCUT2D eigenvalue weighted by Crippen LogP contribution is 2.30. The van der Waals surface area contributed by atoms with Crippen LogP contribution in [0.4, 0.5) is 5.82 Å². The first kappa shape index (κ1) is 22.9. The highest BCUT2D eigenvalue weighted by molar-refractivity contribution is 5.83. The van der Waals surface area contributed by atoms with Crippen molar-refractivity contribution in [1.29, 1.82) is 0 Å². The standard InChI is InChI=1S/C23H31N7O3/c1-28(2)21-20-22(26-13-25-21)30(14-27-20)17-8-16(12-31)10-29(11-17)23(32)19(24)9-15-4-6-18(33-3)7-5-15/h4-7,13-14,16-17,19,31H,8-12,24H2,1-3H3/t16-,17+,19-/m0/s1. The van der Waals surface area contributed by atoms with E-state index in [0.29, 0.717) is 30.7 Å². The normalized spacial score (nSPS) is 19.5. The molecule has 3 atom stereocenters. The summed E-state index contributed by atoms with van der Waals surface area (Å²) in [6.45, 7) is 0.962. The van der Waals surface area contributed by atoms with E-state index in [0.717, 1.165) is 23.6 Å². The van der Waals surface area contributed by atoms with Crippen LogP contribution < -0.4 is 15.4 Å². The summed E-state index contributed by atoms with van der Waals surface area (Å²) in [4.78, 5) is 30.2. The third-order valence-electron chi connectivity index (χ3n) is 6.17. The lowest BCUT2D eigenvalue weighted by Gasteiger charge is -2.38. The summed E-state index contributed by atoms with van der Waals surface area (Å²) in [6.07, 6.45) is 4.43. The van der Waals surface area contributed by atoms with Crippen LogP contribution in [0, 0.1) is 5.92 Å². The molecule has 3 aromatic rings. The zero-order valence-electron chi connectivity index (χ0n) is 19.3. The zero-order valence-corrected chi connectivity index (χ0v) is 19.3. The van der Waals surface area contributed by atoms with Crippen LogP contribution in [0.2, 0.25) is 0 Å². The molecule has 1 aromatic carbocycles. The van der Waals surface area contributed by atoms with E-state index in [1.807, 2.05) is 47.8 Å². The van der Waals surface area contributed by atoms with E-state index in [4.69, 9.17) is 10.5 Å². The largest absolute Gasteiger partial charge is 0.497 e. The number of nitrogens with zero attached hydrogens (tertiary/aromatic N) is 6. The number of benzene rings is 1. The highest BCUT2D eigenvalue weighted by Gasteiger charge is 2.33. The van der Waals surface area contributed by atoms with Crippen molar-refractivity contribution in [3.63, 3.8) is 0 Å². The Labute approximate surface area is 193 Å². The Morgan fingerprint density at radius 3 is 2.67 bits per heavy atom. The number of hydrogen-bond donors (Lipinski definition) is 2. The molecule has 2 aromatic heterocycles. The molecule has 33 heavy (non-hydrogen) atoms. The van der Waals surface area contributed by atoms with Gasteiger partial charge < -0.3 is 29.9 Å². The van der Waals surface area contributed by atoms with Crippen molar-refractivity contribution < 1.29 is 14.6 Å². The second kappa shape index (κ2) is 9.72. The predicted octanol–water partition coefficient (Wildman–Crippen LogP) is 0.853. The lowest BCUT2D eigenvalue weighted by atomic mass is 9.93. The lowest BCUT2D eigenvalue weighted by molar-refractivity contribution is -0.135. The predicted molar refractivity (Wildman–Crippen MR) is 125 cm³/mol. The molecule has 176 valence electrons. The zero-order chi connectivity index (χ0) is 23.5. The van der Waals surface area contributed by atoms with Crippen molar-refractivity contribution in [3.05, 3.63) is 42.5 Å². The topological polar surface area (TPSA) is 123 Å². The van der Waals surface area contributed by atoms with Gasteiger partial charge >= 0.3 is 0 Å². The molecule has 0 bridgehead atoms. The van der Waals surface area contributed by atoms with Gasteiger partial charge in [0.05, 0.1) is 25.5 Å². The fraction of sp³-hybridized carbons (Fsp3) is 0.478. The van der Waals surface area contributed by atoms with Crippen molar-refractivity contribution in [2.75, 3.05) is 45.8 Å². The van der Waals surface area contributed by atoms with Crippen LogP contribution in [0.3, 0.4) is 0 Å². The summed E-state index contributed by atoms with van der Waals surface area (Å²) in [5, 5.41) is 9.92. The van der Waals surface area contributed by atoms with Crippen molar-refractivity contribution in [2.24, 2.45) is 11.7 Å². The van der Waals surface area contributed by atoms with Crippen molar-refractivity contribution in [1.82, 2.24) is 24.4 Å². The van der Waals surface area contributed by atoms with Crippen molar-refractivity contribution in [2.45, 2.75) is 24.9 Å². The van der Waals surface area contributed by atoms with Crippen molar-refractivity contribution >= 4 is 22.9 Å². The van der Waals surface area contributed by atoms with E-state index in [1.165, 1.54) is 6.33 Å². The van der Waals surface area contributed by atoms with Crippen LogP contribution in [-0.4, -0.2) is 82.4 Å². The quantitative estimate of drug-likeness (QED) is 0.540. The first-order valence-corrected chi connectivity index (χ1v) is 11.0. The van der Waals surface area contributed by atoms with Gasteiger partial charge in [0.1, 0.15) is 12.1 Å². The molecule has 3 heterocycles. The van der Waals surface area contributed by atoms with E-state index in [1.54, 1.807) is 18.3 Å². The number of rotatable bonds is 7. The summed E-state index contributed by atoms with van der Waals surface area (Å²) in [6, 6.07) is 6.82.